The summed E-state index contributed by atoms with van der Waals surface area (Å²) in [6, 6.07) is 10.6. The molecule has 1 saturated carbocycles. The highest BCUT2D eigenvalue weighted by Gasteiger charge is 2.43. The number of hydrogen-bond acceptors (Lipinski definition) is 2. The summed E-state index contributed by atoms with van der Waals surface area (Å²) in [5, 5.41) is 0. The maximum absolute atomic E-state index is 12.8. The number of carbonyl (C=O) groups is 1. The predicted molar refractivity (Wildman–Crippen MR) is 75.5 cm³/mol. The molecule has 3 rings (SSSR count). The Morgan fingerprint density at radius 1 is 1.16 bits per heavy atom. The molecule has 3 nitrogen and oxygen atoms in total. The number of carbonyl (C=O) groups excluding carboxylic acids is 1. The smallest absolute Gasteiger partial charge is 0.243 e. The number of rotatable bonds is 2. The second-order valence-corrected chi connectivity index (χ2v) is 5.93. The highest BCUT2D eigenvalue weighted by atomic mass is 16.2. The summed E-state index contributed by atoms with van der Waals surface area (Å²) in [4.78, 5) is 14.8. The topological polar surface area (TPSA) is 46.3 Å². The van der Waals surface area contributed by atoms with Crippen molar-refractivity contribution < 1.29 is 4.79 Å². The Balaban J connectivity index is 1.82. The van der Waals surface area contributed by atoms with Crippen LogP contribution in [0, 0.1) is 0 Å². The first-order chi connectivity index (χ1) is 9.21. The van der Waals surface area contributed by atoms with Gasteiger partial charge in [-0.2, -0.15) is 0 Å². The molecule has 0 spiro atoms. The van der Waals surface area contributed by atoms with E-state index in [1.807, 2.05) is 23.1 Å². The second kappa shape index (κ2) is 4.97. The maximum atomic E-state index is 12.8. The van der Waals surface area contributed by atoms with Crippen molar-refractivity contribution in [1.82, 2.24) is 4.90 Å². The first-order valence-corrected chi connectivity index (χ1v) is 7.36. The Morgan fingerprint density at radius 3 is 2.53 bits per heavy atom. The molecule has 2 fully saturated rings. The Morgan fingerprint density at radius 2 is 1.84 bits per heavy atom. The van der Waals surface area contributed by atoms with Gasteiger partial charge in [-0.3, -0.25) is 4.79 Å². The molecule has 1 heterocycles. The van der Waals surface area contributed by atoms with Gasteiger partial charge in [0.15, 0.2) is 0 Å². The summed E-state index contributed by atoms with van der Waals surface area (Å²) in [5.74, 6) is 0.177. The summed E-state index contributed by atoms with van der Waals surface area (Å²) in [6.07, 6.45) is 6.03. The molecule has 1 atom stereocenters. The van der Waals surface area contributed by atoms with E-state index >= 15 is 0 Å². The molecule has 1 aromatic carbocycles. The molecule has 0 aromatic heterocycles. The van der Waals surface area contributed by atoms with E-state index in [9.17, 15) is 4.79 Å². The second-order valence-electron chi connectivity index (χ2n) is 5.93. The minimum Gasteiger partial charge on any atom is -0.334 e. The zero-order valence-corrected chi connectivity index (χ0v) is 11.3. The zero-order valence-electron chi connectivity index (χ0n) is 11.3. The van der Waals surface area contributed by atoms with Gasteiger partial charge < -0.3 is 10.6 Å². The first-order valence-electron chi connectivity index (χ1n) is 7.36. The molecule has 2 N–H and O–H groups in total. The largest absolute Gasteiger partial charge is 0.334 e. The fourth-order valence-electron chi connectivity index (χ4n) is 3.54. The summed E-state index contributed by atoms with van der Waals surface area (Å²) < 4.78 is 0. The van der Waals surface area contributed by atoms with Gasteiger partial charge in [-0.25, -0.2) is 0 Å². The lowest BCUT2D eigenvalue weighted by atomic mass is 9.95. The van der Waals surface area contributed by atoms with E-state index in [1.165, 1.54) is 5.56 Å². The van der Waals surface area contributed by atoms with Gasteiger partial charge in [-0.15, -0.1) is 0 Å². The van der Waals surface area contributed by atoms with Crippen molar-refractivity contribution in [1.29, 1.82) is 0 Å². The van der Waals surface area contributed by atoms with Crippen molar-refractivity contribution in [2.45, 2.75) is 50.1 Å². The summed E-state index contributed by atoms with van der Waals surface area (Å²) in [7, 11) is 0. The molecule has 1 saturated heterocycles. The quantitative estimate of drug-likeness (QED) is 0.886. The lowest BCUT2D eigenvalue weighted by molar-refractivity contribution is -0.137. The van der Waals surface area contributed by atoms with Crippen LogP contribution >= 0.6 is 0 Å². The molecule has 19 heavy (non-hydrogen) atoms. The van der Waals surface area contributed by atoms with E-state index in [2.05, 4.69) is 12.1 Å². The number of nitrogens with two attached hydrogens (primary N) is 1. The third-order valence-corrected chi connectivity index (χ3v) is 4.62. The Labute approximate surface area is 114 Å². The summed E-state index contributed by atoms with van der Waals surface area (Å²) in [5.41, 5.74) is 6.99. The van der Waals surface area contributed by atoms with Crippen molar-refractivity contribution in [2.24, 2.45) is 5.73 Å². The molecule has 1 unspecified atom stereocenters. The highest BCUT2D eigenvalue weighted by Crippen LogP contribution is 2.37. The lowest BCUT2D eigenvalue weighted by Crippen LogP contribution is -2.53. The third-order valence-electron chi connectivity index (χ3n) is 4.62. The molecule has 3 heteroatoms. The summed E-state index contributed by atoms with van der Waals surface area (Å²) >= 11 is 0. The number of nitrogens with zero attached hydrogens (tertiary/aromatic N) is 1. The van der Waals surface area contributed by atoms with Gasteiger partial charge in [0, 0.05) is 6.54 Å². The first kappa shape index (κ1) is 12.7. The minimum atomic E-state index is -0.586. The average molecular weight is 258 g/mol. The number of hydrogen-bond donors (Lipinski definition) is 1. The number of likely N-dealkylation sites (tertiary alicyclic amines) is 1. The van der Waals surface area contributed by atoms with Crippen LogP contribution < -0.4 is 5.73 Å². The van der Waals surface area contributed by atoms with E-state index in [1.54, 1.807) is 0 Å². The molecule has 2 aliphatic rings. The van der Waals surface area contributed by atoms with E-state index in [0.29, 0.717) is 0 Å². The fraction of sp³-hybridized carbons (Fsp3) is 0.562. The van der Waals surface area contributed by atoms with E-state index in [-0.39, 0.29) is 11.9 Å². The van der Waals surface area contributed by atoms with Crippen molar-refractivity contribution in [3.05, 3.63) is 35.9 Å². The predicted octanol–water partition coefficient (Wildman–Crippen LogP) is 2.62. The van der Waals surface area contributed by atoms with E-state index in [4.69, 9.17) is 5.73 Å². The van der Waals surface area contributed by atoms with Crippen molar-refractivity contribution in [2.75, 3.05) is 6.54 Å². The van der Waals surface area contributed by atoms with Crippen LogP contribution in [0.1, 0.15) is 50.1 Å². The lowest BCUT2D eigenvalue weighted by Gasteiger charge is -2.33. The van der Waals surface area contributed by atoms with Crippen LogP contribution in [0.15, 0.2) is 30.3 Å². The summed E-state index contributed by atoms with van der Waals surface area (Å²) in [6.45, 7) is 0.858. The number of benzene rings is 1. The van der Waals surface area contributed by atoms with Gasteiger partial charge in [0.1, 0.15) is 0 Å². The van der Waals surface area contributed by atoms with Crippen molar-refractivity contribution >= 4 is 5.91 Å². The van der Waals surface area contributed by atoms with E-state index in [0.717, 1.165) is 45.1 Å². The molecule has 1 amide bonds. The fourth-order valence-corrected chi connectivity index (χ4v) is 3.54. The molecule has 102 valence electrons. The Bertz CT molecular complexity index is 451. The van der Waals surface area contributed by atoms with Crippen molar-refractivity contribution in [3.63, 3.8) is 0 Å². The van der Waals surface area contributed by atoms with Crippen LogP contribution in [0.2, 0.25) is 0 Å². The van der Waals surface area contributed by atoms with Crippen molar-refractivity contribution in [3.8, 4) is 0 Å². The van der Waals surface area contributed by atoms with Crippen LogP contribution in [0.25, 0.3) is 0 Å². The molecular weight excluding hydrogens is 236 g/mol. The van der Waals surface area contributed by atoms with E-state index < -0.39 is 5.54 Å². The van der Waals surface area contributed by atoms with Gasteiger partial charge in [0.25, 0.3) is 0 Å². The van der Waals surface area contributed by atoms with Gasteiger partial charge in [0.2, 0.25) is 5.91 Å². The zero-order chi connectivity index (χ0) is 13.3. The SMILES string of the molecule is NC1(C(=O)N2CCCC2c2ccccc2)CCCC1. The van der Waals surface area contributed by atoms with Crippen LogP contribution in [0.4, 0.5) is 0 Å². The van der Waals surface area contributed by atoms with Gasteiger partial charge >= 0.3 is 0 Å². The molecule has 1 aliphatic heterocycles. The Hall–Kier alpha value is -1.35. The molecule has 1 aromatic rings. The van der Waals surface area contributed by atoms with Crippen LogP contribution in [-0.2, 0) is 4.79 Å². The molecule has 1 aliphatic carbocycles. The molecule has 0 bridgehead atoms. The minimum absolute atomic E-state index is 0.177. The van der Waals surface area contributed by atoms with Gasteiger partial charge in [0.05, 0.1) is 11.6 Å². The normalized spacial score (nSPS) is 25.7. The molecular formula is C16H22N2O. The number of amides is 1. The average Bonchev–Trinajstić information content (AvgIpc) is 3.08. The van der Waals surface area contributed by atoms with Gasteiger partial charge in [-0.05, 0) is 31.2 Å². The highest BCUT2D eigenvalue weighted by molar-refractivity contribution is 5.87. The third kappa shape index (κ3) is 2.27. The standard InChI is InChI=1S/C16H22N2O/c17-16(10-4-5-11-16)15(19)18-12-6-9-14(18)13-7-2-1-3-8-13/h1-3,7-8,14H,4-6,9-12,17H2. The monoisotopic (exact) mass is 258 g/mol. The van der Waals surface area contributed by atoms with Gasteiger partial charge in [-0.1, -0.05) is 43.2 Å². The maximum Gasteiger partial charge on any atom is 0.243 e. The Kier molecular flexibility index (Phi) is 3.31. The van der Waals surface area contributed by atoms with Crippen LogP contribution in [-0.4, -0.2) is 22.9 Å². The van der Waals surface area contributed by atoms with Crippen LogP contribution in [0.3, 0.4) is 0 Å². The van der Waals surface area contributed by atoms with Crippen LogP contribution in [0.5, 0.6) is 0 Å². The molecule has 0 radical (unpaired) electrons.